The van der Waals surface area contributed by atoms with Gasteiger partial charge in [0.15, 0.2) is 0 Å². The van der Waals surface area contributed by atoms with E-state index >= 15 is 0 Å². The zero-order valence-corrected chi connectivity index (χ0v) is 12.2. The van der Waals surface area contributed by atoms with Crippen LogP contribution in [-0.2, 0) is 4.79 Å². The highest BCUT2D eigenvalue weighted by Crippen LogP contribution is 2.17. The van der Waals surface area contributed by atoms with Gasteiger partial charge in [-0.3, -0.25) is 4.79 Å². The zero-order valence-electron chi connectivity index (χ0n) is 12.2. The standard InChI is InChI=1S/C14H25N3O3/c1-2-16-7-5-11(9-16)8-15-14(20)17-6-3-4-12(10-17)13(18)19/h11-12H,2-10H2,1H3,(H,15,20)(H,18,19)/t11?,12-/m1/s1. The number of carbonyl (C=O) groups is 2. The molecule has 0 aromatic rings. The molecule has 0 aromatic heterocycles. The Morgan fingerprint density at radius 2 is 2.05 bits per heavy atom. The van der Waals surface area contributed by atoms with E-state index in [0.29, 0.717) is 32.0 Å². The van der Waals surface area contributed by atoms with Crippen LogP contribution in [0, 0.1) is 11.8 Å². The molecule has 2 atom stereocenters. The van der Waals surface area contributed by atoms with Gasteiger partial charge in [-0.2, -0.15) is 0 Å². The van der Waals surface area contributed by atoms with Crippen LogP contribution in [0.4, 0.5) is 4.79 Å². The average molecular weight is 283 g/mol. The van der Waals surface area contributed by atoms with E-state index in [9.17, 15) is 9.59 Å². The first-order chi connectivity index (χ1) is 9.60. The molecule has 2 rings (SSSR count). The maximum atomic E-state index is 12.1. The Morgan fingerprint density at radius 1 is 1.25 bits per heavy atom. The Kier molecular flexibility index (Phi) is 5.23. The van der Waals surface area contributed by atoms with E-state index in [4.69, 9.17) is 5.11 Å². The number of carbonyl (C=O) groups excluding carboxylic acids is 1. The number of amides is 2. The lowest BCUT2D eigenvalue weighted by molar-refractivity contribution is -0.143. The van der Waals surface area contributed by atoms with Crippen molar-refractivity contribution in [2.45, 2.75) is 26.2 Å². The van der Waals surface area contributed by atoms with Gasteiger partial charge in [0.05, 0.1) is 5.92 Å². The van der Waals surface area contributed by atoms with Crippen molar-refractivity contribution in [1.82, 2.24) is 15.1 Å². The molecule has 2 aliphatic rings. The van der Waals surface area contributed by atoms with Crippen molar-refractivity contribution in [3.05, 3.63) is 0 Å². The number of rotatable bonds is 4. The highest BCUT2D eigenvalue weighted by molar-refractivity contribution is 5.76. The Morgan fingerprint density at radius 3 is 2.70 bits per heavy atom. The molecule has 6 heteroatoms. The molecule has 0 aliphatic carbocycles. The molecule has 2 aliphatic heterocycles. The van der Waals surface area contributed by atoms with E-state index in [0.717, 1.165) is 32.5 Å². The molecule has 0 aromatic carbocycles. The molecule has 20 heavy (non-hydrogen) atoms. The number of piperidine rings is 1. The quantitative estimate of drug-likeness (QED) is 0.802. The van der Waals surface area contributed by atoms with Gasteiger partial charge in [-0.15, -0.1) is 0 Å². The maximum Gasteiger partial charge on any atom is 0.317 e. The van der Waals surface area contributed by atoms with Crippen molar-refractivity contribution in [2.24, 2.45) is 11.8 Å². The van der Waals surface area contributed by atoms with Gasteiger partial charge in [0, 0.05) is 26.2 Å². The maximum absolute atomic E-state index is 12.1. The highest BCUT2D eigenvalue weighted by atomic mass is 16.4. The fourth-order valence-electron chi connectivity index (χ4n) is 3.07. The third-order valence-corrected chi connectivity index (χ3v) is 4.42. The lowest BCUT2D eigenvalue weighted by Crippen LogP contribution is -2.48. The first-order valence-corrected chi connectivity index (χ1v) is 7.58. The Labute approximate surface area is 120 Å². The van der Waals surface area contributed by atoms with E-state index in [-0.39, 0.29) is 6.03 Å². The summed E-state index contributed by atoms with van der Waals surface area (Å²) in [6.07, 6.45) is 2.58. The summed E-state index contributed by atoms with van der Waals surface area (Å²) < 4.78 is 0. The first kappa shape index (κ1) is 15.1. The second-order valence-electron chi connectivity index (χ2n) is 5.86. The van der Waals surface area contributed by atoms with Crippen molar-refractivity contribution >= 4 is 12.0 Å². The minimum absolute atomic E-state index is 0.106. The monoisotopic (exact) mass is 283 g/mol. The molecular formula is C14H25N3O3. The van der Waals surface area contributed by atoms with Gasteiger partial charge in [-0.1, -0.05) is 6.92 Å². The molecule has 0 saturated carbocycles. The normalized spacial score (nSPS) is 27.6. The number of nitrogens with zero attached hydrogens (tertiary/aromatic N) is 2. The number of likely N-dealkylation sites (tertiary alicyclic amines) is 2. The van der Waals surface area contributed by atoms with Crippen molar-refractivity contribution in [2.75, 3.05) is 39.3 Å². The fourth-order valence-corrected chi connectivity index (χ4v) is 3.07. The van der Waals surface area contributed by atoms with Crippen LogP contribution in [-0.4, -0.2) is 66.2 Å². The molecule has 2 N–H and O–H groups in total. The second-order valence-corrected chi connectivity index (χ2v) is 5.86. The van der Waals surface area contributed by atoms with Gasteiger partial charge in [0.25, 0.3) is 0 Å². The van der Waals surface area contributed by atoms with E-state index < -0.39 is 11.9 Å². The smallest absolute Gasteiger partial charge is 0.317 e. The number of nitrogens with one attached hydrogen (secondary N) is 1. The summed E-state index contributed by atoms with van der Waals surface area (Å²) in [6, 6.07) is -0.106. The molecule has 2 fully saturated rings. The zero-order chi connectivity index (χ0) is 14.5. The summed E-state index contributed by atoms with van der Waals surface area (Å²) >= 11 is 0. The molecule has 0 radical (unpaired) electrons. The summed E-state index contributed by atoms with van der Waals surface area (Å²) in [5, 5.41) is 12.0. The van der Waals surface area contributed by atoms with Crippen LogP contribution in [0.25, 0.3) is 0 Å². The summed E-state index contributed by atoms with van der Waals surface area (Å²) in [5.41, 5.74) is 0. The molecule has 6 nitrogen and oxygen atoms in total. The van der Waals surface area contributed by atoms with Crippen LogP contribution in [0.15, 0.2) is 0 Å². The largest absolute Gasteiger partial charge is 0.481 e. The molecule has 114 valence electrons. The molecule has 2 heterocycles. The third-order valence-electron chi connectivity index (χ3n) is 4.42. The fraction of sp³-hybridized carbons (Fsp3) is 0.857. The van der Waals surface area contributed by atoms with Crippen LogP contribution in [0.5, 0.6) is 0 Å². The molecule has 0 bridgehead atoms. The summed E-state index contributed by atoms with van der Waals surface area (Å²) in [6.45, 7) is 7.09. The van der Waals surface area contributed by atoms with Gasteiger partial charge in [0.2, 0.25) is 0 Å². The SMILES string of the molecule is CCN1CCC(CNC(=O)N2CCC[C@@H](C(=O)O)C2)C1. The van der Waals surface area contributed by atoms with Gasteiger partial charge in [-0.05, 0) is 38.3 Å². The Bertz CT molecular complexity index is 362. The molecule has 0 spiro atoms. The molecule has 2 amide bonds. The summed E-state index contributed by atoms with van der Waals surface area (Å²) in [7, 11) is 0. The van der Waals surface area contributed by atoms with Crippen molar-refractivity contribution in [3.8, 4) is 0 Å². The highest BCUT2D eigenvalue weighted by Gasteiger charge is 2.28. The van der Waals surface area contributed by atoms with Crippen LogP contribution in [0.2, 0.25) is 0 Å². The number of urea groups is 1. The minimum Gasteiger partial charge on any atom is -0.481 e. The van der Waals surface area contributed by atoms with Crippen LogP contribution >= 0.6 is 0 Å². The predicted molar refractivity (Wildman–Crippen MR) is 75.6 cm³/mol. The number of carboxylic acid groups (broad SMARTS) is 1. The van der Waals surface area contributed by atoms with Gasteiger partial charge in [0.1, 0.15) is 0 Å². The van der Waals surface area contributed by atoms with E-state index in [1.807, 2.05) is 0 Å². The second kappa shape index (κ2) is 6.92. The van der Waals surface area contributed by atoms with Crippen molar-refractivity contribution < 1.29 is 14.7 Å². The lowest BCUT2D eigenvalue weighted by atomic mass is 9.99. The van der Waals surface area contributed by atoms with Crippen LogP contribution in [0.3, 0.4) is 0 Å². The number of carboxylic acids is 1. The van der Waals surface area contributed by atoms with Gasteiger partial charge < -0.3 is 20.2 Å². The van der Waals surface area contributed by atoms with Gasteiger partial charge in [-0.25, -0.2) is 4.79 Å². The topological polar surface area (TPSA) is 72.9 Å². The summed E-state index contributed by atoms with van der Waals surface area (Å²) in [4.78, 5) is 27.1. The Balaban J connectivity index is 1.73. The number of hydrogen-bond donors (Lipinski definition) is 2. The number of aliphatic carboxylic acids is 1. The summed E-state index contributed by atoms with van der Waals surface area (Å²) in [5.74, 6) is -0.674. The molecular weight excluding hydrogens is 258 g/mol. The Hall–Kier alpha value is -1.30. The average Bonchev–Trinajstić information content (AvgIpc) is 2.93. The van der Waals surface area contributed by atoms with Gasteiger partial charge >= 0.3 is 12.0 Å². The minimum atomic E-state index is -0.795. The lowest BCUT2D eigenvalue weighted by Gasteiger charge is -2.31. The third kappa shape index (κ3) is 3.85. The number of hydrogen-bond acceptors (Lipinski definition) is 3. The van der Waals surface area contributed by atoms with Crippen molar-refractivity contribution in [3.63, 3.8) is 0 Å². The van der Waals surface area contributed by atoms with Crippen LogP contribution in [0.1, 0.15) is 26.2 Å². The molecule has 1 unspecified atom stereocenters. The van der Waals surface area contributed by atoms with E-state index in [1.54, 1.807) is 4.90 Å². The first-order valence-electron chi connectivity index (χ1n) is 7.58. The predicted octanol–water partition coefficient (Wildman–Crippen LogP) is 0.834. The van der Waals surface area contributed by atoms with E-state index in [2.05, 4.69) is 17.1 Å². The van der Waals surface area contributed by atoms with E-state index in [1.165, 1.54) is 0 Å². The molecule has 2 saturated heterocycles. The van der Waals surface area contributed by atoms with Crippen LogP contribution < -0.4 is 5.32 Å². The van der Waals surface area contributed by atoms with Crippen molar-refractivity contribution in [1.29, 1.82) is 0 Å².